The minimum absolute atomic E-state index is 0.0901. The standard InChI is InChI=1S/C23H24N2O3S/c1-16-3-7-18(8-4-16)11-12-21(26)24-13-14-25-22(27)20(29-23(25)28)15-19-9-5-17(2)6-10-19/h3-10,15H,11-14H2,1-2H3,(H,24,26)/b20-15-. The fourth-order valence-corrected chi connectivity index (χ4v) is 3.78. The number of imide groups is 1. The summed E-state index contributed by atoms with van der Waals surface area (Å²) in [4.78, 5) is 38.3. The van der Waals surface area contributed by atoms with Crippen LogP contribution in [0.5, 0.6) is 0 Å². The number of hydrogen-bond donors (Lipinski definition) is 1. The first-order valence-corrected chi connectivity index (χ1v) is 10.4. The van der Waals surface area contributed by atoms with Crippen LogP contribution in [0.15, 0.2) is 53.4 Å². The van der Waals surface area contributed by atoms with Gasteiger partial charge in [0.1, 0.15) is 0 Å². The van der Waals surface area contributed by atoms with Crippen LogP contribution < -0.4 is 5.32 Å². The molecule has 29 heavy (non-hydrogen) atoms. The maximum atomic E-state index is 12.5. The summed E-state index contributed by atoms with van der Waals surface area (Å²) in [6.07, 6.45) is 2.76. The molecule has 0 aliphatic carbocycles. The molecule has 2 aromatic carbocycles. The van der Waals surface area contributed by atoms with Gasteiger partial charge in [0.05, 0.1) is 4.91 Å². The van der Waals surface area contributed by atoms with Gasteiger partial charge in [0.25, 0.3) is 11.1 Å². The van der Waals surface area contributed by atoms with Crippen LogP contribution >= 0.6 is 11.8 Å². The summed E-state index contributed by atoms with van der Waals surface area (Å²) in [5.74, 6) is -0.401. The largest absolute Gasteiger partial charge is 0.354 e. The van der Waals surface area contributed by atoms with E-state index in [-0.39, 0.29) is 30.1 Å². The van der Waals surface area contributed by atoms with Crippen molar-refractivity contribution >= 4 is 34.9 Å². The molecule has 0 radical (unpaired) electrons. The molecule has 150 valence electrons. The molecule has 0 unspecified atom stereocenters. The van der Waals surface area contributed by atoms with Crippen molar-refractivity contribution in [1.82, 2.24) is 10.2 Å². The van der Waals surface area contributed by atoms with Gasteiger partial charge in [-0.1, -0.05) is 59.7 Å². The number of hydrogen-bond acceptors (Lipinski definition) is 4. The lowest BCUT2D eigenvalue weighted by molar-refractivity contribution is -0.124. The monoisotopic (exact) mass is 408 g/mol. The Morgan fingerprint density at radius 1 is 1.00 bits per heavy atom. The van der Waals surface area contributed by atoms with Crippen molar-refractivity contribution in [2.45, 2.75) is 26.7 Å². The van der Waals surface area contributed by atoms with Crippen LogP contribution in [0, 0.1) is 13.8 Å². The molecule has 1 aliphatic rings. The fourth-order valence-electron chi connectivity index (χ4n) is 2.91. The zero-order valence-corrected chi connectivity index (χ0v) is 17.4. The van der Waals surface area contributed by atoms with Gasteiger partial charge < -0.3 is 5.32 Å². The minimum Gasteiger partial charge on any atom is -0.354 e. The van der Waals surface area contributed by atoms with Gasteiger partial charge in [-0.15, -0.1) is 0 Å². The number of nitrogens with zero attached hydrogens (tertiary/aromatic N) is 1. The molecule has 0 aromatic heterocycles. The van der Waals surface area contributed by atoms with Crippen molar-refractivity contribution in [2.75, 3.05) is 13.1 Å². The van der Waals surface area contributed by atoms with Crippen LogP contribution in [0.2, 0.25) is 0 Å². The number of rotatable bonds is 7. The Balaban J connectivity index is 1.47. The van der Waals surface area contributed by atoms with Gasteiger partial charge >= 0.3 is 0 Å². The lowest BCUT2D eigenvalue weighted by Gasteiger charge is -2.13. The summed E-state index contributed by atoms with van der Waals surface area (Å²) in [5.41, 5.74) is 4.31. The summed E-state index contributed by atoms with van der Waals surface area (Å²) in [6, 6.07) is 15.8. The van der Waals surface area contributed by atoms with E-state index in [4.69, 9.17) is 0 Å². The molecule has 0 atom stereocenters. The highest BCUT2D eigenvalue weighted by Crippen LogP contribution is 2.31. The Morgan fingerprint density at radius 3 is 2.28 bits per heavy atom. The topological polar surface area (TPSA) is 66.5 Å². The third kappa shape index (κ3) is 5.81. The first-order chi connectivity index (χ1) is 13.9. The predicted molar refractivity (Wildman–Crippen MR) is 116 cm³/mol. The zero-order chi connectivity index (χ0) is 20.8. The normalized spacial score (nSPS) is 15.2. The number of carbonyl (C=O) groups is 3. The average Bonchev–Trinajstić information content (AvgIpc) is 2.96. The Bertz CT molecular complexity index is 934. The second-order valence-corrected chi connectivity index (χ2v) is 8.07. The van der Waals surface area contributed by atoms with E-state index in [2.05, 4.69) is 5.32 Å². The van der Waals surface area contributed by atoms with Crippen molar-refractivity contribution in [1.29, 1.82) is 0 Å². The van der Waals surface area contributed by atoms with Crippen LogP contribution in [0.25, 0.3) is 6.08 Å². The summed E-state index contributed by atoms with van der Waals surface area (Å²) >= 11 is 0.934. The number of thioether (sulfide) groups is 1. The lowest BCUT2D eigenvalue weighted by atomic mass is 10.1. The second kappa shape index (κ2) is 9.56. The highest BCUT2D eigenvalue weighted by Gasteiger charge is 2.34. The van der Waals surface area contributed by atoms with E-state index in [1.807, 2.05) is 62.4 Å². The maximum Gasteiger partial charge on any atom is 0.293 e. The van der Waals surface area contributed by atoms with Gasteiger partial charge in [-0.05, 0) is 49.2 Å². The van der Waals surface area contributed by atoms with E-state index in [9.17, 15) is 14.4 Å². The van der Waals surface area contributed by atoms with E-state index in [1.165, 1.54) is 10.5 Å². The summed E-state index contributed by atoms with van der Waals surface area (Å²) in [5, 5.41) is 2.49. The number of benzene rings is 2. The molecular formula is C23H24N2O3S. The Labute approximate surface area is 175 Å². The summed E-state index contributed by atoms with van der Waals surface area (Å²) in [6.45, 7) is 4.44. The summed E-state index contributed by atoms with van der Waals surface area (Å²) in [7, 11) is 0. The Hall–Kier alpha value is -2.86. The van der Waals surface area contributed by atoms with E-state index in [0.29, 0.717) is 17.7 Å². The third-order valence-electron chi connectivity index (χ3n) is 4.67. The van der Waals surface area contributed by atoms with Crippen LogP contribution in [-0.2, 0) is 16.0 Å². The van der Waals surface area contributed by atoms with E-state index >= 15 is 0 Å². The van der Waals surface area contributed by atoms with Crippen molar-refractivity contribution in [3.8, 4) is 0 Å². The summed E-state index contributed by atoms with van der Waals surface area (Å²) < 4.78 is 0. The number of amides is 3. The molecule has 0 bridgehead atoms. The quantitative estimate of drug-likeness (QED) is 0.701. The van der Waals surface area contributed by atoms with Gasteiger partial charge in [-0.25, -0.2) is 0 Å². The van der Waals surface area contributed by atoms with Crippen LogP contribution in [-0.4, -0.2) is 35.0 Å². The van der Waals surface area contributed by atoms with Gasteiger partial charge in [0.2, 0.25) is 5.91 Å². The van der Waals surface area contributed by atoms with Crippen LogP contribution in [0.1, 0.15) is 28.7 Å². The predicted octanol–water partition coefficient (Wildman–Crippen LogP) is 4.09. The molecule has 1 N–H and O–H groups in total. The SMILES string of the molecule is Cc1ccc(/C=C2\SC(=O)N(CCNC(=O)CCc3ccc(C)cc3)C2=O)cc1. The molecule has 1 aliphatic heterocycles. The first kappa shape index (κ1) is 20.9. The highest BCUT2D eigenvalue weighted by molar-refractivity contribution is 8.18. The molecule has 5 nitrogen and oxygen atoms in total. The van der Waals surface area contributed by atoms with Crippen molar-refractivity contribution in [3.63, 3.8) is 0 Å². The van der Waals surface area contributed by atoms with Gasteiger partial charge in [-0.3, -0.25) is 19.3 Å². The smallest absolute Gasteiger partial charge is 0.293 e. The molecular weight excluding hydrogens is 384 g/mol. The maximum absolute atomic E-state index is 12.5. The number of carbonyl (C=O) groups excluding carboxylic acids is 3. The second-order valence-electron chi connectivity index (χ2n) is 7.08. The van der Waals surface area contributed by atoms with E-state index in [1.54, 1.807) is 6.08 Å². The Morgan fingerprint density at radius 2 is 1.62 bits per heavy atom. The zero-order valence-electron chi connectivity index (χ0n) is 16.6. The number of nitrogens with one attached hydrogen (secondary N) is 1. The van der Waals surface area contributed by atoms with Gasteiger partial charge in [-0.2, -0.15) is 0 Å². The molecule has 6 heteroatoms. The molecule has 0 spiro atoms. The molecule has 1 heterocycles. The first-order valence-electron chi connectivity index (χ1n) is 9.56. The lowest BCUT2D eigenvalue weighted by Crippen LogP contribution is -2.37. The molecule has 2 aromatic rings. The van der Waals surface area contributed by atoms with Crippen molar-refractivity contribution < 1.29 is 14.4 Å². The highest BCUT2D eigenvalue weighted by atomic mass is 32.2. The molecule has 3 amide bonds. The molecule has 0 saturated carbocycles. The van der Waals surface area contributed by atoms with Crippen LogP contribution in [0.3, 0.4) is 0 Å². The van der Waals surface area contributed by atoms with E-state index < -0.39 is 0 Å². The molecule has 1 fully saturated rings. The van der Waals surface area contributed by atoms with Crippen LogP contribution in [0.4, 0.5) is 4.79 Å². The molecule has 1 saturated heterocycles. The van der Waals surface area contributed by atoms with E-state index in [0.717, 1.165) is 28.5 Å². The minimum atomic E-state index is -0.311. The third-order valence-corrected chi connectivity index (χ3v) is 5.58. The number of aryl methyl sites for hydroxylation is 3. The molecule has 3 rings (SSSR count). The fraction of sp³-hybridized carbons (Fsp3) is 0.261. The average molecular weight is 409 g/mol. The van der Waals surface area contributed by atoms with Gasteiger partial charge in [0.15, 0.2) is 0 Å². The Kier molecular flexibility index (Phi) is 6.88. The van der Waals surface area contributed by atoms with Gasteiger partial charge in [0, 0.05) is 19.5 Å². The van der Waals surface area contributed by atoms with Crippen molar-refractivity contribution in [2.24, 2.45) is 0 Å². The van der Waals surface area contributed by atoms with Crippen molar-refractivity contribution in [3.05, 3.63) is 75.7 Å².